The van der Waals surface area contributed by atoms with Crippen molar-refractivity contribution in [2.24, 2.45) is 0 Å². The van der Waals surface area contributed by atoms with E-state index in [0.29, 0.717) is 22.3 Å². The van der Waals surface area contributed by atoms with Crippen LogP contribution < -0.4 is 14.8 Å². The minimum Gasteiger partial charge on any atom is -0.497 e. The van der Waals surface area contributed by atoms with Gasteiger partial charge in [0.15, 0.2) is 0 Å². The molecule has 2 bridgehead atoms. The molecule has 3 rings (SSSR count). The number of ether oxygens (including phenoxy) is 1. The van der Waals surface area contributed by atoms with Crippen LogP contribution in [0, 0.1) is 0 Å². The summed E-state index contributed by atoms with van der Waals surface area (Å²) in [7, 11) is -2.02. The van der Waals surface area contributed by atoms with Gasteiger partial charge in [0.1, 0.15) is 5.75 Å². The zero-order chi connectivity index (χ0) is 15.0. The molecule has 2 heterocycles. The highest BCUT2D eigenvalue weighted by Gasteiger charge is 2.35. The van der Waals surface area contributed by atoms with Crippen molar-refractivity contribution in [1.29, 1.82) is 0 Å². The van der Waals surface area contributed by atoms with Crippen LogP contribution in [0.25, 0.3) is 0 Å². The SMILES string of the molecule is COc1ccc(Br)c(S(=O)(=O)NC2CC3CCC(C2)N3)c1.Cl. The summed E-state index contributed by atoms with van der Waals surface area (Å²) in [4.78, 5) is 0.229. The van der Waals surface area contributed by atoms with Crippen LogP contribution in [0.2, 0.25) is 0 Å². The van der Waals surface area contributed by atoms with Gasteiger partial charge in [0.05, 0.1) is 12.0 Å². The van der Waals surface area contributed by atoms with E-state index in [1.165, 1.54) is 7.11 Å². The van der Waals surface area contributed by atoms with Gasteiger partial charge in [0, 0.05) is 28.7 Å². The molecular formula is C14H20BrClN2O3S. The highest BCUT2D eigenvalue weighted by atomic mass is 79.9. The molecule has 2 fully saturated rings. The topological polar surface area (TPSA) is 67.4 Å². The number of hydrogen-bond acceptors (Lipinski definition) is 4. The lowest BCUT2D eigenvalue weighted by Crippen LogP contribution is -2.47. The lowest BCUT2D eigenvalue weighted by Gasteiger charge is -2.29. The summed E-state index contributed by atoms with van der Waals surface area (Å²) in [5, 5.41) is 3.51. The van der Waals surface area contributed by atoms with E-state index in [0.717, 1.165) is 25.7 Å². The highest BCUT2D eigenvalue weighted by Crippen LogP contribution is 2.30. The van der Waals surface area contributed by atoms with Gasteiger partial charge >= 0.3 is 0 Å². The molecule has 124 valence electrons. The molecule has 0 saturated carbocycles. The molecule has 1 aromatic rings. The molecule has 5 nitrogen and oxygen atoms in total. The van der Waals surface area contributed by atoms with Crippen LogP contribution in [0.5, 0.6) is 5.75 Å². The van der Waals surface area contributed by atoms with Gasteiger partial charge in [-0.15, -0.1) is 12.4 Å². The van der Waals surface area contributed by atoms with E-state index in [4.69, 9.17) is 4.74 Å². The molecule has 2 unspecified atom stereocenters. The summed E-state index contributed by atoms with van der Waals surface area (Å²) < 4.78 is 33.7. The van der Waals surface area contributed by atoms with E-state index in [-0.39, 0.29) is 23.3 Å². The van der Waals surface area contributed by atoms with Crippen molar-refractivity contribution in [3.63, 3.8) is 0 Å². The normalized spacial score (nSPS) is 27.3. The lowest BCUT2D eigenvalue weighted by atomic mass is 10.0. The van der Waals surface area contributed by atoms with Gasteiger partial charge in [-0.3, -0.25) is 0 Å². The molecule has 1 aromatic carbocycles. The van der Waals surface area contributed by atoms with E-state index in [1.54, 1.807) is 18.2 Å². The summed E-state index contributed by atoms with van der Waals surface area (Å²) in [5.41, 5.74) is 0. The Labute approximate surface area is 145 Å². The number of sulfonamides is 1. The van der Waals surface area contributed by atoms with Crippen LogP contribution >= 0.6 is 28.3 Å². The van der Waals surface area contributed by atoms with E-state index >= 15 is 0 Å². The van der Waals surface area contributed by atoms with Crippen molar-refractivity contribution >= 4 is 38.4 Å². The molecule has 2 atom stereocenters. The Morgan fingerprint density at radius 2 is 1.91 bits per heavy atom. The molecule has 2 N–H and O–H groups in total. The molecule has 0 aromatic heterocycles. The minimum atomic E-state index is -3.55. The Kier molecular flexibility index (Phi) is 5.77. The summed E-state index contributed by atoms with van der Waals surface area (Å²) in [6.45, 7) is 0. The minimum absolute atomic E-state index is 0. The quantitative estimate of drug-likeness (QED) is 0.798. The van der Waals surface area contributed by atoms with Crippen LogP contribution in [0.4, 0.5) is 0 Å². The fourth-order valence-corrected chi connectivity index (χ4v) is 5.49. The third kappa shape index (κ3) is 3.76. The number of halogens is 2. The van der Waals surface area contributed by atoms with Gasteiger partial charge in [-0.2, -0.15) is 0 Å². The van der Waals surface area contributed by atoms with Crippen molar-refractivity contribution in [3.05, 3.63) is 22.7 Å². The first-order chi connectivity index (χ1) is 9.98. The van der Waals surface area contributed by atoms with Gasteiger partial charge < -0.3 is 10.1 Å². The van der Waals surface area contributed by atoms with Gasteiger partial charge in [-0.05, 0) is 53.7 Å². The molecule has 0 aliphatic carbocycles. The number of hydrogen-bond donors (Lipinski definition) is 2. The summed E-state index contributed by atoms with van der Waals surface area (Å²) in [6.07, 6.45) is 4.01. The van der Waals surface area contributed by atoms with Gasteiger partial charge in [0.25, 0.3) is 0 Å². The van der Waals surface area contributed by atoms with E-state index in [2.05, 4.69) is 26.0 Å². The average molecular weight is 412 g/mol. The van der Waals surface area contributed by atoms with E-state index in [1.807, 2.05) is 0 Å². The number of piperidine rings is 1. The number of methoxy groups -OCH3 is 1. The summed E-state index contributed by atoms with van der Waals surface area (Å²) >= 11 is 3.31. The Balaban J connectivity index is 0.00000176. The Morgan fingerprint density at radius 3 is 2.50 bits per heavy atom. The van der Waals surface area contributed by atoms with Crippen molar-refractivity contribution < 1.29 is 13.2 Å². The van der Waals surface area contributed by atoms with Gasteiger partial charge in [-0.25, -0.2) is 13.1 Å². The number of rotatable bonds is 4. The first-order valence-electron chi connectivity index (χ1n) is 7.10. The molecular weight excluding hydrogens is 392 g/mol. The lowest BCUT2D eigenvalue weighted by molar-refractivity contribution is 0.345. The molecule has 8 heteroatoms. The largest absolute Gasteiger partial charge is 0.497 e. The predicted molar refractivity (Wildman–Crippen MR) is 91.2 cm³/mol. The maximum atomic E-state index is 12.6. The summed E-state index contributed by atoms with van der Waals surface area (Å²) in [5.74, 6) is 0.531. The molecule has 0 amide bonds. The van der Waals surface area contributed by atoms with Crippen LogP contribution in [0.3, 0.4) is 0 Å². The maximum absolute atomic E-state index is 12.6. The molecule has 2 saturated heterocycles. The Morgan fingerprint density at radius 1 is 1.27 bits per heavy atom. The van der Waals surface area contributed by atoms with Crippen LogP contribution in [0.15, 0.2) is 27.6 Å². The molecule has 0 radical (unpaired) electrons. The Bertz CT molecular complexity index is 629. The predicted octanol–water partition coefficient (Wildman–Crippen LogP) is 2.44. The number of benzene rings is 1. The van der Waals surface area contributed by atoms with Crippen LogP contribution in [0.1, 0.15) is 25.7 Å². The zero-order valence-electron chi connectivity index (χ0n) is 12.2. The molecule has 22 heavy (non-hydrogen) atoms. The third-order valence-electron chi connectivity index (χ3n) is 4.22. The average Bonchev–Trinajstić information content (AvgIpc) is 2.78. The second kappa shape index (κ2) is 7.05. The maximum Gasteiger partial charge on any atom is 0.242 e. The zero-order valence-corrected chi connectivity index (χ0v) is 15.4. The molecule has 2 aliphatic heterocycles. The molecule has 0 spiro atoms. The fourth-order valence-electron chi connectivity index (χ4n) is 3.25. The van der Waals surface area contributed by atoms with Crippen molar-refractivity contribution in [2.45, 2.75) is 48.7 Å². The first kappa shape index (κ1) is 18.0. The fraction of sp³-hybridized carbons (Fsp3) is 0.571. The highest BCUT2D eigenvalue weighted by molar-refractivity contribution is 9.10. The van der Waals surface area contributed by atoms with Gasteiger partial charge in [0.2, 0.25) is 10.0 Å². The third-order valence-corrected chi connectivity index (χ3v) is 6.74. The Hall–Kier alpha value is -0.340. The van der Waals surface area contributed by atoms with Crippen molar-refractivity contribution in [3.8, 4) is 5.75 Å². The summed E-state index contributed by atoms with van der Waals surface area (Å²) in [6, 6.07) is 5.87. The first-order valence-corrected chi connectivity index (χ1v) is 9.37. The van der Waals surface area contributed by atoms with E-state index in [9.17, 15) is 8.42 Å². The van der Waals surface area contributed by atoms with E-state index < -0.39 is 10.0 Å². The van der Waals surface area contributed by atoms with Crippen molar-refractivity contribution in [1.82, 2.24) is 10.0 Å². The second-order valence-corrected chi connectivity index (χ2v) is 8.26. The van der Waals surface area contributed by atoms with Crippen LogP contribution in [-0.4, -0.2) is 33.7 Å². The number of fused-ring (bicyclic) bond motifs is 2. The molecule has 2 aliphatic rings. The number of nitrogens with one attached hydrogen (secondary N) is 2. The van der Waals surface area contributed by atoms with Crippen LogP contribution in [-0.2, 0) is 10.0 Å². The van der Waals surface area contributed by atoms with Gasteiger partial charge in [-0.1, -0.05) is 0 Å². The smallest absolute Gasteiger partial charge is 0.242 e. The standard InChI is InChI=1S/C14H19BrN2O3S.ClH/c1-20-12-4-5-13(15)14(8-12)21(18,19)17-11-6-9-2-3-10(7-11)16-9;/h4-5,8-11,16-17H,2-3,6-7H2,1H3;1H. The second-order valence-electron chi connectivity index (χ2n) is 5.72. The van der Waals surface area contributed by atoms with Crippen molar-refractivity contribution in [2.75, 3.05) is 7.11 Å². The monoisotopic (exact) mass is 410 g/mol.